The molecule has 7 heteroatoms. The maximum atomic E-state index is 12.6. The molecular formula is C26H30N2O5. The summed E-state index contributed by atoms with van der Waals surface area (Å²) >= 11 is 0. The van der Waals surface area contributed by atoms with Crippen LogP contribution in [0.3, 0.4) is 0 Å². The number of ether oxygens (including phenoxy) is 1. The van der Waals surface area contributed by atoms with E-state index in [9.17, 15) is 14.4 Å². The Bertz CT molecular complexity index is 991. The van der Waals surface area contributed by atoms with Gasteiger partial charge in [-0.05, 0) is 41.0 Å². The Morgan fingerprint density at radius 2 is 1.70 bits per heavy atom. The van der Waals surface area contributed by atoms with Crippen LogP contribution in [0.5, 0.6) is 0 Å². The normalized spacial score (nSPS) is 19.2. The van der Waals surface area contributed by atoms with Crippen LogP contribution in [0.15, 0.2) is 48.5 Å². The van der Waals surface area contributed by atoms with Gasteiger partial charge in [0.25, 0.3) is 0 Å². The molecule has 2 amide bonds. The van der Waals surface area contributed by atoms with Crippen molar-refractivity contribution in [3.63, 3.8) is 0 Å². The average Bonchev–Trinajstić information content (AvgIpc) is 3.52. The molecule has 0 spiro atoms. The Morgan fingerprint density at radius 1 is 1.06 bits per heavy atom. The molecule has 2 aromatic rings. The van der Waals surface area contributed by atoms with E-state index >= 15 is 0 Å². The maximum Gasteiger partial charge on any atom is 0.407 e. The van der Waals surface area contributed by atoms with Gasteiger partial charge in [0.15, 0.2) is 0 Å². The fourth-order valence-electron chi connectivity index (χ4n) is 4.70. The molecule has 0 heterocycles. The number of carboxylic acids is 1. The largest absolute Gasteiger partial charge is 0.481 e. The van der Waals surface area contributed by atoms with Gasteiger partial charge in [-0.2, -0.15) is 0 Å². The number of carbonyl (C=O) groups excluding carboxylic acids is 2. The molecule has 0 aliphatic heterocycles. The lowest BCUT2D eigenvalue weighted by molar-refractivity contribution is -0.139. The molecule has 0 saturated heterocycles. The van der Waals surface area contributed by atoms with Gasteiger partial charge in [-0.15, -0.1) is 0 Å². The van der Waals surface area contributed by atoms with E-state index in [1.165, 1.54) is 11.1 Å². The maximum absolute atomic E-state index is 12.6. The highest BCUT2D eigenvalue weighted by molar-refractivity contribution is 5.80. The van der Waals surface area contributed by atoms with Gasteiger partial charge in [0, 0.05) is 24.9 Å². The molecule has 33 heavy (non-hydrogen) atoms. The topological polar surface area (TPSA) is 105 Å². The van der Waals surface area contributed by atoms with Gasteiger partial charge in [-0.3, -0.25) is 9.59 Å². The van der Waals surface area contributed by atoms with Crippen LogP contribution in [0, 0.1) is 11.8 Å². The standard InChI is InChI=1S/C26H30N2O5/c1-2-7-17(13-24(29)27-14-16-12-22(16)25(30)31)28-26(32)33-15-23-20-10-5-3-8-18(20)19-9-4-6-11-21(19)23/h3-6,8-11,16-17,22-23H,2,7,12-15H2,1H3,(H,27,29)(H,28,32)(H,30,31)/t16-,17+,22-/m1/s1. The number of rotatable bonds is 10. The van der Waals surface area contributed by atoms with E-state index in [0.717, 1.165) is 17.5 Å². The summed E-state index contributed by atoms with van der Waals surface area (Å²) < 4.78 is 5.60. The molecule has 0 bridgehead atoms. The van der Waals surface area contributed by atoms with Crippen molar-refractivity contribution in [1.82, 2.24) is 10.6 Å². The second-order valence-electron chi connectivity index (χ2n) is 8.90. The Morgan fingerprint density at radius 3 is 2.27 bits per heavy atom. The molecule has 7 nitrogen and oxygen atoms in total. The molecule has 2 aliphatic rings. The van der Waals surface area contributed by atoms with Crippen LogP contribution in [0.2, 0.25) is 0 Å². The fraction of sp³-hybridized carbons (Fsp3) is 0.423. The van der Waals surface area contributed by atoms with Crippen molar-refractivity contribution >= 4 is 18.0 Å². The van der Waals surface area contributed by atoms with Crippen LogP contribution in [-0.4, -0.2) is 42.3 Å². The van der Waals surface area contributed by atoms with Gasteiger partial charge in [0.2, 0.25) is 5.91 Å². The van der Waals surface area contributed by atoms with Crippen molar-refractivity contribution in [2.24, 2.45) is 11.8 Å². The van der Waals surface area contributed by atoms with Crippen molar-refractivity contribution in [2.75, 3.05) is 13.2 Å². The van der Waals surface area contributed by atoms with Gasteiger partial charge >= 0.3 is 12.1 Å². The minimum Gasteiger partial charge on any atom is -0.481 e. The smallest absolute Gasteiger partial charge is 0.407 e. The first kappa shape index (κ1) is 22.8. The first-order valence-corrected chi connectivity index (χ1v) is 11.6. The highest BCUT2D eigenvalue weighted by Gasteiger charge is 2.43. The number of hydrogen-bond donors (Lipinski definition) is 3. The molecule has 0 unspecified atom stereocenters. The molecule has 0 aromatic heterocycles. The van der Waals surface area contributed by atoms with Crippen LogP contribution in [0.1, 0.15) is 49.7 Å². The van der Waals surface area contributed by atoms with Crippen molar-refractivity contribution in [3.05, 3.63) is 59.7 Å². The number of aliphatic carboxylic acids is 1. The predicted octanol–water partition coefficient (Wildman–Crippen LogP) is 3.92. The van der Waals surface area contributed by atoms with Gasteiger partial charge in [0.05, 0.1) is 5.92 Å². The molecule has 3 atom stereocenters. The third-order valence-corrected chi connectivity index (χ3v) is 6.54. The summed E-state index contributed by atoms with van der Waals surface area (Å²) in [4.78, 5) is 35.8. The summed E-state index contributed by atoms with van der Waals surface area (Å²) in [5.41, 5.74) is 4.64. The van der Waals surface area contributed by atoms with E-state index in [-0.39, 0.29) is 42.7 Å². The molecule has 4 rings (SSSR count). The van der Waals surface area contributed by atoms with Crippen LogP contribution in [-0.2, 0) is 14.3 Å². The predicted molar refractivity (Wildman–Crippen MR) is 124 cm³/mol. The van der Waals surface area contributed by atoms with Crippen molar-refractivity contribution in [3.8, 4) is 11.1 Å². The first-order chi connectivity index (χ1) is 16.0. The number of fused-ring (bicyclic) bond motifs is 3. The third kappa shape index (κ3) is 5.35. The van der Waals surface area contributed by atoms with Crippen LogP contribution >= 0.6 is 0 Å². The minimum atomic E-state index is -0.810. The Kier molecular flexibility index (Phi) is 6.96. The van der Waals surface area contributed by atoms with Gasteiger partial charge in [-0.25, -0.2) is 4.79 Å². The Hall–Kier alpha value is -3.35. The van der Waals surface area contributed by atoms with E-state index in [4.69, 9.17) is 9.84 Å². The lowest BCUT2D eigenvalue weighted by Gasteiger charge is -2.19. The second-order valence-corrected chi connectivity index (χ2v) is 8.90. The van der Waals surface area contributed by atoms with Crippen molar-refractivity contribution in [2.45, 2.75) is 44.6 Å². The monoisotopic (exact) mass is 450 g/mol. The molecule has 1 fully saturated rings. The van der Waals surface area contributed by atoms with Crippen molar-refractivity contribution < 1.29 is 24.2 Å². The Balaban J connectivity index is 1.29. The molecular weight excluding hydrogens is 420 g/mol. The van der Waals surface area contributed by atoms with Crippen LogP contribution in [0.4, 0.5) is 4.79 Å². The van der Waals surface area contributed by atoms with Crippen LogP contribution < -0.4 is 10.6 Å². The molecule has 174 valence electrons. The zero-order valence-corrected chi connectivity index (χ0v) is 18.8. The minimum absolute atomic E-state index is 0.00571. The number of nitrogens with one attached hydrogen (secondary N) is 2. The summed E-state index contributed by atoms with van der Waals surface area (Å²) in [6, 6.07) is 16.0. The molecule has 2 aliphatic carbocycles. The number of alkyl carbamates (subject to hydrolysis) is 1. The van der Waals surface area contributed by atoms with E-state index in [1.807, 2.05) is 31.2 Å². The quantitative estimate of drug-likeness (QED) is 0.509. The molecule has 0 radical (unpaired) electrons. The van der Waals surface area contributed by atoms with E-state index in [1.54, 1.807) is 0 Å². The highest BCUT2D eigenvalue weighted by Crippen LogP contribution is 2.44. The number of hydrogen-bond acceptors (Lipinski definition) is 4. The summed E-state index contributed by atoms with van der Waals surface area (Å²) in [6.45, 7) is 2.58. The van der Waals surface area contributed by atoms with Gasteiger partial charge in [-0.1, -0.05) is 61.9 Å². The van der Waals surface area contributed by atoms with E-state index in [2.05, 4.69) is 34.9 Å². The van der Waals surface area contributed by atoms with Gasteiger partial charge in [0.1, 0.15) is 6.61 Å². The van der Waals surface area contributed by atoms with Gasteiger partial charge < -0.3 is 20.5 Å². The zero-order valence-electron chi connectivity index (χ0n) is 18.8. The summed E-state index contributed by atoms with van der Waals surface area (Å²) in [5, 5.41) is 14.6. The summed E-state index contributed by atoms with van der Waals surface area (Å²) in [6.07, 6.45) is 1.68. The van der Waals surface area contributed by atoms with Crippen molar-refractivity contribution in [1.29, 1.82) is 0 Å². The molecule has 3 N–H and O–H groups in total. The number of carbonyl (C=O) groups is 3. The average molecular weight is 451 g/mol. The lowest BCUT2D eigenvalue weighted by Crippen LogP contribution is -2.40. The first-order valence-electron chi connectivity index (χ1n) is 11.6. The summed E-state index contributed by atoms with van der Waals surface area (Å²) in [7, 11) is 0. The second kappa shape index (κ2) is 10.1. The van der Waals surface area contributed by atoms with Crippen LogP contribution in [0.25, 0.3) is 11.1 Å². The lowest BCUT2D eigenvalue weighted by atomic mass is 9.98. The molecule has 2 aromatic carbocycles. The van der Waals surface area contributed by atoms with E-state index < -0.39 is 12.1 Å². The highest BCUT2D eigenvalue weighted by atomic mass is 16.5. The third-order valence-electron chi connectivity index (χ3n) is 6.54. The SMILES string of the molecule is CCC[C@@H](CC(=O)NC[C@H]1C[C@H]1C(=O)O)NC(=O)OCC1c2ccccc2-c2ccccc21. The number of carboxylic acid groups (broad SMARTS) is 1. The Labute approximate surface area is 193 Å². The zero-order chi connectivity index (χ0) is 23.4. The van der Waals surface area contributed by atoms with E-state index in [0.29, 0.717) is 19.4 Å². The summed E-state index contributed by atoms with van der Waals surface area (Å²) in [5.74, 6) is -1.36. The number of benzene rings is 2. The molecule has 1 saturated carbocycles. The number of amides is 2. The fourth-order valence-corrected chi connectivity index (χ4v) is 4.70.